The number of nitrogens with zero attached hydrogens (tertiary/aromatic N) is 3. The smallest absolute Gasteiger partial charge is 0.219 e. The summed E-state index contributed by atoms with van der Waals surface area (Å²) in [7, 11) is 0. The van der Waals surface area contributed by atoms with Crippen molar-refractivity contribution in [3.8, 4) is 16.3 Å². The highest BCUT2D eigenvalue weighted by Crippen LogP contribution is 2.31. The number of thiophene rings is 1. The number of aromatic hydroxyl groups is 1. The van der Waals surface area contributed by atoms with Crippen molar-refractivity contribution in [2.75, 3.05) is 0 Å². The van der Waals surface area contributed by atoms with Crippen molar-refractivity contribution >= 4 is 28.0 Å². The van der Waals surface area contributed by atoms with E-state index in [0.29, 0.717) is 11.3 Å². The molecule has 1 aromatic carbocycles. The first-order valence-corrected chi connectivity index (χ1v) is 7.49. The molecule has 0 saturated carbocycles. The Hall–Kier alpha value is -2.40. The second kappa shape index (κ2) is 4.30. The Labute approximate surface area is 125 Å². The van der Waals surface area contributed by atoms with Crippen LogP contribution in [0.15, 0.2) is 36.5 Å². The Kier molecular flexibility index (Phi) is 2.53. The Morgan fingerprint density at radius 3 is 2.76 bits per heavy atom. The zero-order valence-corrected chi connectivity index (χ0v) is 12.5. The SMILES string of the molecule is Cc1ccc(-c2ccc3c(c2)ncc2nc(C)c(O)n23)s1. The lowest BCUT2D eigenvalue weighted by Crippen LogP contribution is -1.91. The predicted octanol–water partition coefficient (Wildman–Crippen LogP) is 3.93. The van der Waals surface area contributed by atoms with Gasteiger partial charge in [0.2, 0.25) is 5.88 Å². The summed E-state index contributed by atoms with van der Waals surface area (Å²) in [6, 6.07) is 10.3. The first-order chi connectivity index (χ1) is 10.1. The molecule has 0 aliphatic carbocycles. The molecule has 0 aliphatic heterocycles. The third kappa shape index (κ3) is 1.81. The van der Waals surface area contributed by atoms with Gasteiger partial charge in [0.1, 0.15) is 5.69 Å². The van der Waals surface area contributed by atoms with E-state index in [4.69, 9.17) is 0 Å². The molecule has 4 aromatic rings. The second-order valence-electron chi connectivity index (χ2n) is 5.09. The van der Waals surface area contributed by atoms with Crippen molar-refractivity contribution in [3.05, 3.63) is 47.1 Å². The minimum atomic E-state index is 0.178. The molecular weight excluding hydrogens is 282 g/mol. The van der Waals surface area contributed by atoms with Crippen LogP contribution in [0.5, 0.6) is 5.88 Å². The van der Waals surface area contributed by atoms with E-state index < -0.39 is 0 Å². The molecule has 0 aliphatic rings. The molecule has 3 heterocycles. The molecule has 0 fully saturated rings. The van der Waals surface area contributed by atoms with Gasteiger partial charge < -0.3 is 5.11 Å². The summed E-state index contributed by atoms with van der Waals surface area (Å²) in [6.07, 6.45) is 1.69. The van der Waals surface area contributed by atoms with Gasteiger partial charge in [-0.2, -0.15) is 0 Å². The van der Waals surface area contributed by atoms with E-state index in [1.807, 2.05) is 6.07 Å². The quantitative estimate of drug-likeness (QED) is 0.579. The Morgan fingerprint density at radius 2 is 2.00 bits per heavy atom. The molecule has 0 amide bonds. The normalized spacial score (nSPS) is 11.5. The van der Waals surface area contributed by atoms with Crippen LogP contribution in [0.3, 0.4) is 0 Å². The van der Waals surface area contributed by atoms with E-state index in [-0.39, 0.29) is 5.88 Å². The van der Waals surface area contributed by atoms with Crippen LogP contribution in [0.4, 0.5) is 0 Å². The third-order valence-electron chi connectivity index (χ3n) is 3.61. The van der Waals surface area contributed by atoms with Crippen molar-refractivity contribution in [1.29, 1.82) is 0 Å². The van der Waals surface area contributed by atoms with Gasteiger partial charge in [0.25, 0.3) is 0 Å². The summed E-state index contributed by atoms with van der Waals surface area (Å²) in [6.45, 7) is 3.89. The van der Waals surface area contributed by atoms with Crippen LogP contribution in [-0.4, -0.2) is 19.5 Å². The molecule has 4 rings (SSSR count). The van der Waals surface area contributed by atoms with Crippen LogP contribution in [0.1, 0.15) is 10.6 Å². The number of rotatable bonds is 1. The molecule has 1 N–H and O–H groups in total. The van der Waals surface area contributed by atoms with Crippen molar-refractivity contribution in [1.82, 2.24) is 14.4 Å². The fourth-order valence-electron chi connectivity index (χ4n) is 2.55. The van der Waals surface area contributed by atoms with Crippen LogP contribution in [0.2, 0.25) is 0 Å². The molecule has 0 saturated heterocycles. The van der Waals surface area contributed by atoms with E-state index in [1.165, 1.54) is 9.75 Å². The molecule has 5 heteroatoms. The number of hydrogen-bond acceptors (Lipinski definition) is 4. The first kappa shape index (κ1) is 12.3. The first-order valence-electron chi connectivity index (χ1n) is 6.67. The zero-order valence-electron chi connectivity index (χ0n) is 11.7. The van der Waals surface area contributed by atoms with Crippen LogP contribution >= 0.6 is 11.3 Å². The Bertz CT molecular complexity index is 984. The summed E-state index contributed by atoms with van der Waals surface area (Å²) in [5.74, 6) is 0.178. The van der Waals surface area contributed by atoms with Gasteiger partial charge >= 0.3 is 0 Å². The summed E-state index contributed by atoms with van der Waals surface area (Å²) in [4.78, 5) is 11.3. The largest absolute Gasteiger partial charge is 0.493 e. The standard InChI is InChI=1S/C16H13N3OS/c1-9-3-6-14(21-9)11-4-5-13-12(7-11)17-8-15-18-10(2)16(20)19(13)15/h3-8,20H,1-2H3. The van der Waals surface area contributed by atoms with E-state index in [9.17, 15) is 5.11 Å². The van der Waals surface area contributed by atoms with Crippen molar-refractivity contribution < 1.29 is 5.11 Å². The van der Waals surface area contributed by atoms with Gasteiger partial charge in [-0.3, -0.25) is 9.38 Å². The molecule has 0 unspecified atom stereocenters. The summed E-state index contributed by atoms with van der Waals surface area (Å²) in [5, 5.41) is 10.2. The molecule has 3 aromatic heterocycles. The molecule has 0 bridgehead atoms. The number of hydrogen-bond donors (Lipinski definition) is 1. The maximum atomic E-state index is 10.2. The van der Waals surface area contributed by atoms with Crippen molar-refractivity contribution in [3.63, 3.8) is 0 Å². The maximum Gasteiger partial charge on any atom is 0.219 e. The fraction of sp³-hybridized carbons (Fsp3) is 0.125. The van der Waals surface area contributed by atoms with Gasteiger partial charge in [0.15, 0.2) is 5.65 Å². The van der Waals surface area contributed by atoms with Gasteiger partial charge in [-0.05, 0) is 43.7 Å². The summed E-state index contributed by atoms with van der Waals surface area (Å²) in [5.41, 5.74) is 4.13. The minimum absolute atomic E-state index is 0.178. The average molecular weight is 295 g/mol. The van der Waals surface area contributed by atoms with Gasteiger partial charge in [-0.15, -0.1) is 11.3 Å². The lowest BCUT2D eigenvalue weighted by Gasteiger charge is -2.04. The lowest BCUT2D eigenvalue weighted by molar-refractivity contribution is 0.446. The van der Waals surface area contributed by atoms with Crippen LogP contribution in [0, 0.1) is 13.8 Å². The van der Waals surface area contributed by atoms with Crippen LogP contribution < -0.4 is 0 Å². The number of fused-ring (bicyclic) bond motifs is 3. The fourth-order valence-corrected chi connectivity index (χ4v) is 3.42. The summed E-state index contributed by atoms with van der Waals surface area (Å²) < 4.78 is 1.74. The molecule has 0 atom stereocenters. The number of aryl methyl sites for hydroxylation is 2. The van der Waals surface area contributed by atoms with E-state index in [0.717, 1.165) is 16.6 Å². The second-order valence-corrected chi connectivity index (χ2v) is 6.37. The van der Waals surface area contributed by atoms with Gasteiger partial charge in [0.05, 0.1) is 17.2 Å². The highest BCUT2D eigenvalue weighted by Gasteiger charge is 2.11. The van der Waals surface area contributed by atoms with Crippen LogP contribution in [0.25, 0.3) is 27.1 Å². The minimum Gasteiger partial charge on any atom is -0.493 e. The van der Waals surface area contributed by atoms with Crippen LogP contribution in [-0.2, 0) is 0 Å². The van der Waals surface area contributed by atoms with Gasteiger partial charge in [0, 0.05) is 9.75 Å². The van der Waals surface area contributed by atoms with E-state index in [1.54, 1.807) is 28.9 Å². The third-order valence-corrected chi connectivity index (χ3v) is 4.66. The molecule has 21 heavy (non-hydrogen) atoms. The zero-order chi connectivity index (χ0) is 14.6. The lowest BCUT2D eigenvalue weighted by atomic mass is 10.1. The topological polar surface area (TPSA) is 50.4 Å². The molecule has 104 valence electrons. The highest BCUT2D eigenvalue weighted by atomic mass is 32.1. The highest BCUT2D eigenvalue weighted by molar-refractivity contribution is 7.15. The van der Waals surface area contributed by atoms with Crippen molar-refractivity contribution in [2.24, 2.45) is 0 Å². The predicted molar refractivity (Wildman–Crippen MR) is 84.9 cm³/mol. The van der Waals surface area contributed by atoms with Gasteiger partial charge in [-0.1, -0.05) is 6.07 Å². The van der Waals surface area contributed by atoms with Gasteiger partial charge in [-0.25, -0.2) is 4.98 Å². The van der Waals surface area contributed by atoms with E-state index in [2.05, 4.69) is 41.2 Å². The number of imidazole rings is 1. The van der Waals surface area contributed by atoms with E-state index >= 15 is 0 Å². The average Bonchev–Trinajstić information content (AvgIpc) is 3.03. The molecule has 4 nitrogen and oxygen atoms in total. The Morgan fingerprint density at radius 1 is 1.14 bits per heavy atom. The molecule has 0 radical (unpaired) electrons. The monoisotopic (exact) mass is 295 g/mol. The summed E-state index contributed by atoms with van der Waals surface area (Å²) >= 11 is 1.76. The molecule has 0 spiro atoms. The number of benzene rings is 1. The Balaban J connectivity index is 2.01. The molecular formula is C16H13N3OS. The maximum absolute atomic E-state index is 10.2. The van der Waals surface area contributed by atoms with Crippen molar-refractivity contribution in [2.45, 2.75) is 13.8 Å². The number of aromatic nitrogens is 3.